The summed E-state index contributed by atoms with van der Waals surface area (Å²) in [6.45, 7) is 1.95. The van der Waals surface area contributed by atoms with Crippen molar-refractivity contribution in [3.8, 4) is 11.8 Å². The number of phenols is 1. The van der Waals surface area contributed by atoms with E-state index in [2.05, 4.69) is 11.4 Å². The van der Waals surface area contributed by atoms with Gasteiger partial charge in [0, 0.05) is 18.4 Å². The normalized spacial score (nSPS) is 9.94. The monoisotopic (exact) mass is 227 g/mol. The van der Waals surface area contributed by atoms with Crippen LogP contribution in [0.25, 0.3) is 0 Å². The van der Waals surface area contributed by atoms with Crippen molar-refractivity contribution in [1.82, 2.24) is 4.57 Å². The van der Waals surface area contributed by atoms with Gasteiger partial charge in [0.05, 0.1) is 5.69 Å². The molecule has 0 radical (unpaired) electrons. The Morgan fingerprint density at radius 2 is 1.94 bits per heavy atom. The van der Waals surface area contributed by atoms with Crippen LogP contribution >= 0.6 is 0 Å². The highest BCUT2D eigenvalue weighted by molar-refractivity contribution is 5.64. The lowest BCUT2D eigenvalue weighted by Crippen LogP contribution is -1.95. The zero-order chi connectivity index (χ0) is 12.4. The molecule has 0 aliphatic rings. The Kier molecular flexibility index (Phi) is 2.75. The maximum absolute atomic E-state index is 9.19. The molecule has 2 aromatic rings. The van der Waals surface area contributed by atoms with Crippen LogP contribution in [0.5, 0.6) is 5.75 Å². The van der Waals surface area contributed by atoms with E-state index in [1.165, 1.54) is 0 Å². The number of nitrogens with one attached hydrogen (secondary N) is 1. The maximum Gasteiger partial charge on any atom is 0.122 e. The van der Waals surface area contributed by atoms with Crippen LogP contribution in [0.4, 0.5) is 11.4 Å². The summed E-state index contributed by atoms with van der Waals surface area (Å²) < 4.78 is 1.84. The molecule has 0 aliphatic carbocycles. The van der Waals surface area contributed by atoms with Gasteiger partial charge in [-0.25, -0.2) is 0 Å². The third-order valence-corrected chi connectivity index (χ3v) is 2.80. The fourth-order valence-corrected chi connectivity index (χ4v) is 1.63. The Morgan fingerprint density at radius 3 is 2.47 bits per heavy atom. The third kappa shape index (κ3) is 2.08. The van der Waals surface area contributed by atoms with Gasteiger partial charge in [-0.2, -0.15) is 5.26 Å². The van der Waals surface area contributed by atoms with Crippen molar-refractivity contribution in [3.05, 3.63) is 41.7 Å². The SMILES string of the molecule is Cc1c(Nc2ccc(O)cc2)cc(C#N)n1C. The molecule has 4 heteroatoms. The number of nitriles is 1. The smallest absolute Gasteiger partial charge is 0.122 e. The van der Waals surface area contributed by atoms with Crippen LogP contribution in [0.3, 0.4) is 0 Å². The summed E-state index contributed by atoms with van der Waals surface area (Å²) in [5, 5.41) is 21.3. The van der Waals surface area contributed by atoms with E-state index in [9.17, 15) is 5.11 Å². The van der Waals surface area contributed by atoms with Gasteiger partial charge in [-0.3, -0.25) is 0 Å². The van der Waals surface area contributed by atoms with Gasteiger partial charge < -0.3 is 15.0 Å². The first-order valence-electron chi connectivity index (χ1n) is 5.24. The number of rotatable bonds is 2. The maximum atomic E-state index is 9.19. The Bertz CT molecular complexity index is 576. The van der Waals surface area contributed by atoms with Gasteiger partial charge in [0.2, 0.25) is 0 Å². The lowest BCUT2D eigenvalue weighted by Gasteiger charge is -2.06. The van der Waals surface area contributed by atoms with E-state index in [1.807, 2.05) is 24.6 Å². The first-order valence-corrected chi connectivity index (χ1v) is 5.24. The number of aromatic hydroxyl groups is 1. The summed E-state index contributed by atoms with van der Waals surface area (Å²) >= 11 is 0. The Balaban J connectivity index is 2.31. The quantitative estimate of drug-likeness (QED) is 0.775. The highest BCUT2D eigenvalue weighted by Crippen LogP contribution is 2.24. The van der Waals surface area contributed by atoms with E-state index in [0.717, 1.165) is 17.1 Å². The second-order valence-electron chi connectivity index (χ2n) is 3.87. The van der Waals surface area contributed by atoms with Crippen LogP contribution in [0.15, 0.2) is 30.3 Å². The zero-order valence-corrected chi connectivity index (χ0v) is 9.73. The molecule has 0 aliphatic heterocycles. The Morgan fingerprint density at radius 1 is 1.29 bits per heavy atom. The minimum Gasteiger partial charge on any atom is -0.508 e. The molecular weight excluding hydrogens is 214 g/mol. The molecule has 0 bridgehead atoms. The summed E-state index contributed by atoms with van der Waals surface area (Å²) in [7, 11) is 1.86. The zero-order valence-electron chi connectivity index (χ0n) is 9.73. The number of phenolic OH excluding ortho intramolecular Hbond substituents is 1. The lowest BCUT2D eigenvalue weighted by atomic mass is 10.3. The summed E-state index contributed by atoms with van der Waals surface area (Å²) in [4.78, 5) is 0. The molecule has 1 aromatic carbocycles. The van der Waals surface area contributed by atoms with Crippen LogP contribution < -0.4 is 5.32 Å². The summed E-state index contributed by atoms with van der Waals surface area (Å²) in [6.07, 6.45) is 0. The fourth-order valence-electron chi connectivity index (χ4n) is 1.63. The number of hydrogen-bond acceptors (Lipinski definition) is 3. The number of nitrogens with zero attached hydrogens (tertiary/aromatic N) is 2. The fraction of sp³-hybridized carbons (Fsp3) is 0.154. The third-order valence-electron chi connectivity index (χ3n) is 2.80. The van der Waals surface area contributed by atoms with Crippen molar-refractivity contribution < 1.29 is 5.11 Å². The molecule has 0 atom stereocenters. The first-order chi connectivity index (χ1) is 8.11. The van der Waals surface area contributed by atoms with Gasteiger partial charge in [-0.05, 0) is 37.3 Å². The van der Waals surface area contributed by atoms with Gasteiger partial charge in [0.1, 0.15) is 17.5 Å². The molecule has 0 spiro atoms. The van der Waals surface area contributed by atoms with E-state index in [1.54, 1.807) is 24.3 Å². The summed E-state index contributed by atoms with van der Waals surface area (Å²) in [5.74, 6) is 0.234. The van der Waals surface area contributed by atoms with E-state index >= 15 is 0 Å². The van der Waals surface area contributed by atoms with E-state index in [0.29, 0.717) is 5.69 Å². The number of benzene rings is 1. The van der Waals surface area contributed by atoms with Crippen LogP contribution in [0, 0.1) is 18.3 Å². The minimum absolute atomic E-state index is 0.234. The Labute approximate surface area is 99.7 Å². The number of aromatic nitrogens is 1. The molecule has 0 saturated heterocycles. The molecule has 0 unspecified atom stereocenters. The molecule has 86 valence electrons. The van der Waals surface area contributed by atoms with Crippen molar-refractivity contribution in [2.24, 2.45) is 7.05 Å². The van der Waals surface area contributed by atoms with Crippen LogP contribution in [-0.2, 0) is 7.05 Å². The molecule has 0 saturated carbocycles. The van der Waals surface area contributed by atoms with E-state index < -0.39 is 0 Å². The summed E-state index contributed by atoms with van der Waals surface area (Å²) in [5.41, 5.74) is 3.38. The minimum atomic E-state index is 0.234. The molecular formula is C13H13N3O. The van der Waals surface area contributed by atoms with Crippen molar-refractivity contribution in [1.29, 1.82) is 5.26 Å². The van der Waals surface area contributed by atoms with Gasteiger partial charge in [-0.15, -0.1) is 0 Å². The van der Waals surface area contributed by atoms with Crippen molar-refractivity contribution in [3.63, 3.8) is 0 Å². The van der Waals surface area contributed by atoms with Gasteiger partial charge in [0.25, 0.3) is 0 Å². The molecule has 2 N–H and O–H groups in total. The molecule has 0 amide bonds. The lowest BCUT2D eigenvalue weighted by molar-refractivity contribution is 0.475. The largest absolute Gasteiger partial charge is 0.508 e. The second-order valence-corrected chi connectivity index (χ2v) is 3.87. The van der Waals surface area contributed by atoms with Gasteiger partial charge in [0.15, 0.2) is 0 Å². The van der Waals surface area contributed by atoms with Crippen molar-refractivity contribution in [2.75, 3.05) is 5.32 Å². The van der Waals surface area contributed by atoms with Crippen LogP contribution in [0.2, 0.25) is 0 Å². The van der Waals surface area contributed by atoms with Crippen LogP contribution in [0.1, 0.15) is 11.4 Å². The number of anilines is 2. The topological polar surface area (TPSA) is 61.0 Å². The summed E-state index contributed by atoms with van der Waals surface area (Å²) in [6, 6.07) is 10.7. The molecule has 0 fully saturated rings. The molecule has 4 nitrogen and oxygen atoms in total. The van der Waals surface area contributed by atoms with Crippen molar-refractivity contribution >= 4 is 11.4 Å². The average molecular weight is 227 g/mol. The molecule has 2 rings (SSSR count). The molecule has 17 heavy (non-hydrogen) atoms. The van der Waals surface area contributed by atoms with Crippen molar-refractivity contribution in [2.45, 2.75) is 6.92 Å². The van der Waals surface area contributed by atoms with Gasteiger partial charge >= 0.3 is 0 Å². The standard InChI is InChI=1S/C13H13N3O/c1-9-13(7-11(8-14)16(9)2)15-10-3-5-12(17)6-4-10/h3-7,15,17H,1-2H3. The predicted octanol–water partition coefficient (Wildman–Crippen LogP) is 2.65. The molecule has 1 aromatic heterocycles. The van der Waals surface area contributed by atoms with Gasteiger partial charge in [-0.1, -0.05) is 0 Å². The van der Waals surface area contributed by atoms with E-state index in [-0.39, 0.29) is 5.75 Å². The van der Waals surface area contributed by atoms with Crippen LogP contribution in [-0.4, -0.2) is 9.67 Å². The highest BCUT2D eigenvalue weighted by atomic mass is 16.3. The molecule has 1 heterocycles. The number of hydrogen-bond donors (Lipinski definition) is 2. The first kappa shape index (κ1) is 11.1. The van der Waals surface area contributed by atoms with E-state index in [4.69, 9.17) is 5.26 Å². The Hall–Kier alpha value is -2.41. The second kappa shape index (κ2) is 4.22. The highest BCUT2D eigenvalue weighted by Gasteiger charge is 2.08. The predicted molar refractivity (Wildman–Crippen MR) is 66.3 cm³/mol. The average Bonchev–Trinajstić information content (AvgIpc) is 2.60.